The van der Waals surface area contributed by atoms with Gasteiger partial charge in [0.25, 0.3) is 0 Å². The Morgan fingerprint density at radius 1 is 0.828 bits per heavy atom. The third-order valence-electron chi connectivity index (χ3n) is 6.52. The number of benzene rings is 1. The molecule has 0 saturated carbocycles. The van der Waals surface area contributed by atoms with Gasteiger partial charge in [-0.05, 0) is 0 Å². The molecule has 1 aliphatic heterocycles. The molecule has 0 bridgehead atoms. The molecule has 2 rings (SSSR count). The molecule has 0 fully saturated rings. The zero-order chi connectivity index (χ0) is 21.3. The minimum atomic E-state index is -2.53. The van der Waals surface area contributed by atoms with E-state index in [0.29, 0.717) is 6.04 Å². The molecule has 1 nitrogen and oxygen atoms in total. The standard InChI is InChI=1S/C15H18N.3C4H9.Sn/c1-15(2,3)16-12-8-7-11-14(16)13-9-5-4-6-10-13;3*1-3-4-2;/h4-11,14H,1-3H3;3*1,3-4H2,2H3;. The molecule has 1 aromatic rings. The molecule has 0 aromatic heterocycles. The summed E-state index contributed by atoms with van der Waals surface area (Å²) >= 11 is -2.53. The molecular formula is C27H45NSn. The zero-order valence-corrected chi connectivity index (χ0v) is 22.9. The molecule has 1 aromatic carbocycles. The SMILES string of the molecule is CCC[CH2][Sn]([CH2]CCC)([CH2]CCC)[C]1=CC=CC(c2ccccc2)N1C(C)(C)C. The second-order valence-electron chi connectivity index (χ2n) is 9.92. The fourth-order valence-corrected chi connectivity index (χ4v) is 22.2. The van der Waals surface area contributed by atoms with E-state index in [9.17, 15) is 0 Å². The van der Waals surface area contributed by atoms with Crippen LogP contribution in [-0.2, 0) is 0 Å². The zero-order valence-electron chi connectivity index (χ0n) is 20.0. The summed E-state index contributed by atoms with van der Waals surface area (Å²) in [6, 6.07) is 11.5. The van der Waals surface area contributed by atoms with Crippen LogP contribution in [0.15, 0.2) is 52.3 Å². The molecule has 0 N–H and O–H groups in total. The summed E-state index contributed by atoms with van der Waals surface area (Å²) < 4.78 is 6.38. The van der Waals surface area contributed by atoms with E-state index in [2.05, 4.69) is 95.0 Å². The predicted molar refractivity (Wildman–Crippen MR) is 133 cm³/mol. The molecule has 1 unspecified atom stereocenters. The molecular weight excluding hydrogens is 457 g/mol. The van der Waals surface area contributed by atoms with Gasteiger partial charge in [-0.25, -0.2) is 0 Å². The quantitative estimate of drug-likeness (QED) is 0.274. The molecule has 1 heterocycles. The molecule has 0 amide bonds. The summed E-state index contributed by atoms with van der Waals surface area (Å²) in [5, 5.41) is 0. The van der Waals surface area contributed by atoms with Gasteiger partial charge >= 0.3 is 186 Å². The molecule has 29 heavy (non-hydrogen) atoms. The molecule has 0 aliphatic carbocycles. The fourth-order valence-electron chi connectivity index (χ4n) is 4.99. The third kappa shape index (κ3) is 6.39. The molecule has 0 radical (unpaired) electrons. The molecule has 1 aliphatic rings. The van der Waals surface area contributed by atoms with Gasteiger partial charge in [0, 0.05) is 0 Å². The summed E-state index contributed by atoms with van der Waals surface area (Å²) in [5.74, 6) is 0. The molecule has 162 valence electrons. The van der Waals surface area contributed by atoms with Crippen molar-refractivity contribution in [2.75, 3.05) is 0 Å². The van der Waals surface area contributed by atoms with Crippen molar-refractivity contribution < 1.29 is 0 Å². The topological polar surface area (TPSA) is 3.24 Å². The maximum atomic E-state index is 2.85. The number of rotatable bonds is 11. The van der Waals surface area contributed by atoms with Crippen molar-refractivity contribution in [3.8, 4) is 0 Å². The fraction of sp³-hybridized carbons (Fsp3) is 0.630. The second-order valence-corrected chi connectivity index (χ2v) is 23.0. The van der Waals surface area contributed by atoms with Gasteiger partial charge in [-0.3, -0.25) is 0 Å². The van der Waals surface area contributed by atoms with E-state index in [-0.39, 0.29) is 5.54 Å². The van der Waals surface area contributed by atoms with Crippen LogP contribution in [0.4, 0.5) is 0 Å². The Morgan fingerprint density at radius 3 is 1.79 bits per heavy atom. The Bertz CT molecular complexity index is 631. The van der Waals surface area contributed by atoms with Crippen molar-refractivity contribution in [2.45, 2.75) is 105 Å². The Kier molecular flexibility index (Phi) is 9.85. The summed E-state index contributed by atoms with van der Waals surface area (Å²) in [5.41, 5.74) is 1.56. The molecule has 1 atom stereocenters. The average molecular weight is 502 g/mol. The summed E-state index contributed by atoms with van der Waals surface area (Å²) in [6.45, 7) is 14.4. The summed E-state index contributed by atoms with van der Waals surface area (Å²) in [7, 11) is 0. The number of allylic oxidation sites excluding steroid dienone is 2. The van der Waals surface area contributed by atoms with Crippen LogP contribution in [0.3, 0.4) is 0 Å². The van der Waals surface area contributed by atoms with Gasteiger partial charge in [0.2, 0.25) is 0 Å². The van der Waals surface area contributed by atoms with Crippen LogP contribution in [0.2, 0.25) is 13.3 Å². The number of unbranched alkanes of at least 4 members (excludes halogenated alkanes) is 3. The van der Waals surface area contributed by atoms with Gasteiger partial charge in [-0.2, -0.15) is 0 Å². The van der Waals surface area contributed by atoms with Gasteiger partial charge in [0.1, 0.15) is 0 Å². The van der Waals surface area contributed by atoms with Crippen LogP contribution >= 0.6 is 0 Å². The van der Waals surface area contributed by atoms with Crippen molar-refractivity contribution >= 4 is 18.4 Å². The van der Waals surface area contributed by atoms with E-state index in [0.717, 1.165) is 0 Å². The first-order valence-electron chi connectivity index (χ1n) is 12.1. The number of hydrogen-bond donors (Lipinski definition) is 0. The van der Waals surface area contributed by atoms with E-state index in [1.54, 1.807) is 3.71 Å². The van der Waals surface area contributed by atoms with E-state index in [1.807, 2.05) is 0 Å². The van der Waals surface area contributed by atoms with Crippen molar-refractivity contribution in [3.63, 3.8) is 0 Å². The summed E-state index contributed by atoms with van der Waals surface area (Å²) in [6.07, 6.45) is 15.6. The second kappa shape index (κ2) is 11.6. The van der Waals surface area contributed by atoms with Crippen molar-refractivity contribution in [3.05, 3.63) is 57.8 Å². The van der Waals surface area contributed by atoms with Crippen LogP contribution in [-0.4, -0.2) is 28.8 Å². The predicted octanol–water partition coefficient (Wildman–Crippen LogP) is 8.67. The average Bonchev–Trinajstić information content (AvgIpc) is 2.73. The van der Waals surface area contributed by atoms with Crippen molar-refractivity contribution in [2.24, 2.45) is 0 Å². The first-order chi connectivity index (χ1) is 13.9. The van der Waals surface area contributed by atoms with Crippen LogP contribution in [0.25, 0.3) is 0 Å². The van der Waals surface area contributed by atoms with Gasteiger partial charge in [0.05, 0.1) is 0 Å². The van der Waals surface area contributed by atoms with E-state index < -0.39 is 18.4 Å². The molecule has 0 saturated heterocycles. The Hall–Kier alpha value is -0.701. The third-order valence-corrected chi connectivity index (χ3v) is 22.0. The Labute approximate surface area is 185 Å². The van der Waals surface area contributed by atoms with Gasteiger partial charge in [-0.1, -0.05) is 0 Å². The molecule has 0 spiro atoms. The Morgan fingerprint density at radius 2 is 1.34 bits per heavy atom. The first kappa shape index (κ1) is 24.6. The van der Waals surface area contributed by atoms with Gasteiger partial charge in [-0.15, -0.1) is 0 Å². The van der Waals surface area contributed by atoms with Crippen LogP contribution < -0.4 is 0 Å². The van der Waals surface area contributed by atoms with E-state index in [1.165, 1.54) is 57.4 Å². The first-order valence-corrected chi connectivity index (χ1v) is 19.6. The van der Waals surface area contributed by atoms with E-state index in [4.69, 9.17) is 0 Å². The number of hydrogen-bond acceptors (Lipinski definition) is 1. The maximum absolute atomic E-state index is 2.85. The van der Waals surface area contributed by atoms with E-state index >= 15 is 0 Å². The molecule has 2 heteroatoms. The van der Waals surface area contributed by atoms with Crippen molar-refractivity contribution in [1.29, 1.82) is 0 Å². The van der Waals surface area contributed by atoms with Crippen LogP contribution in [0.1, 0.15) is 91.7 Å². The van der Waals surface area contributed by atoms with Gasteiger partial charge < -0.3 is 0 Å². The van der Waals surface area contributed by atoms with Gasteiger partial charge in [0.15, 0.2) is 0 Å². The minimum absolute atomic E-state index is 0.129. The van der Waals surface area contributed by atoms with Crippen LogP contribution in [0.5, 0.6) is 0 Å². The van der Waals surface area contributed by atoms with Crippen molar-refractivity contribution in [1.82, 2.24) is 4.90 Å². The van der Waals surface area contributed by atoms with Crippen LogP contribution in [0, 0.1) is 0 Å². The Balaban J connectivity index is 2.55. The summed E-state index contributed by atoms with van der Waals surface area (Å²) in [4.78, 5) is 2.85. The normalized spacial score (nSPS) is 17.5. The number of nitrogens with zero attached hydrogens (tertiary/aromatic N) is 1. The monoisotopic (exact) mass is 503 g/mol.